The summed E-state index contributed by atoms with van der Waals surface area (Å²) >= 11 is 0. The van der Waals surface area contributed by atoms with E-state index in [2.05, 4.69) is 221 Å². The van der Waals surface area contributed by atoms with Gasteiger partial charge in [-0.1, -0.05) is 140 Å². The lowest BCUT2D eigenvalue weighted by Gasteiger charge is -2.25. The number of fused-ring (bicyclic) bond motifs is 9. The van der Waals surface area contributed by atoms with Gasteiger partial charge in [0, 0.05) is 55.0 Å². The molecule has 0 aliphatic carbocycles. The van der Waals surface area contributed by atoms with Crippen LogP contribution in [0.1, 0.15) is 22.9 Å². The second-order valence-electron chi connectivity index (χ2n) is 16.4. The maximum atomic E-state index is 6.60. The third-order valence-electron chi connectivity index (χ3n) is 12.7. The molecule has 12 aromatic rings. The van der Waals surface area contributed by atoms with E-state index >= 15 is 0 Å². The third kappa shape index (κ3) is 5.74. The highest BCUT2D eigenvalue weighted by Crippen LogP contribution is 2.40. The van der Waals surface area contributed by atoms with Crippen LogP contribution in [0.3, 0.4) is 0 Å². The smallest absolute Gasteiger partial charge is 0.145 e. The van der Waals surface area contributed by atoms with Gasteiger partial charge in [-0.05, 0) is 101 Å². The van der Waals surface area contributed by atoms with Crippen molar-refractivity contribution in [2.75, 3.05) is 0 Å². The minimum Gasteiger partial charge on any atom is -0.456 e. The quantitative estimate of drug-likeness (QED) is 0.182. The van der Waals surface area contributed by atoms with E-state index in [-0.39, 0.29) is 6.17 Å². The predicted molar refractivity (Wildman–Crippen MR) is 261 cm³/mol. The Hall–Kier alpha value is -8.41. The lowest BCUT2D eigenvalue weighted by atomic mass is 10.0. The number of benzene rings is 9. The number of hydrogen-bond acceptors (Lipinski definition) is 3. The van der Waals surface area contributed by atoms with Gasteiger partial charge in [-0.15, -0.1) is 0 Å². The van der Waals surface area contributed by atoms with E-state index in [0.717, 1.165) is 66.9 Å². The van der Waals surface area contributed by atoms with Crippen LogP contribution in [0, 0.1) is 0 Å². The van der Waals surface area contributed by atoms with E-state index in [9.17, 15) is 0 Å². The van der Waals surface area contributed by atoms with Crippen LogP contribution in [-0.2, 0) is 0 Å². The zero-order valence-electron chi connectivity index (χ0n) is 34.1. The number of aliphatic imine (C=N–C) groups is 1. The summed E-state index contributed by atoms with van der Waals surface area (Å²) in [6.45, 7) is 0. The van der Waals surface area contributed by atoms with E-state index in [1.807, 2.05) is 12.1 Å². The number of para-hydroxylation sites is 3. The highest BCUT2D eigenvalue weighted by molar-refractivity contribution is 6.14. The average Bonchev–Trinajstić information content (AvgIpc) is 4.01. The van der Waals surface area contributed by atoms with Crippen LogP contribution < -0.4 is 5.32 Å². The largest absolute Gasteiger partial charge is 0.456 e. The van der Waals surface area contributed by atoms with Crippen molar-refractivity contribution in [2.24, 2.45) is 4.99 Å². The van der Waals surface area contributed by atoms with Gasteiger partial charge in [0.25, 0.3) is 0 Å². The van der Waals surface area contributed by atoms with Crippen molar-refractivity contribution in [3.8, 4) is 22.5 Å². The van der Waals surface area contributed by atoms with Crippen molar-refractivity contribution in [3.05, 3.63) is 235 Å². The summed E-state index contributed by atoms with van der Waals surface area (Å²) in [7, 11) is 0. The number of nitrogens with zero attached hydrogens (tertiary/aromatic N) is 3. The zero-order chi connectivity index (χ0) is 41.4. The highest BCUT2D eigenvalue weighted by atomic mass is 16.3. The topological polar surface area (TPSA) is 47.4 Å². The molecule has 0 amide bonds. The SMILES string of the molecule is C1=C(c2ccccc2)NC(c2ccc3c(c2)oc2ccc(-n4c5ccccc5c5cc(-c6ccc7c(c6)c6ccccc6n7-c6ccccc6)ccc54)cc23)N=C1c1ccccc1. The molecule has 1 aliphatic heterocycles. The molecule has 296 valence electrons. The van der Waals surface area contributed by atoms with E-state index < -0.39 is 0 Å². The number of hydrogen-bond donors (Lipinski definition) is 1. The first kappa shape index (κ1) is 35.4. The highest BCUT2D eigenvalue weighted by Gasteiger charge is 2.22. The van der Waals surface area contributed by atoms with E-state index in [1.165, 1.54) is 49.2 Å². The second kappa shape index (κ2) is 14.1. The first-order valence-electron chi connectivity index (χ1n) is 21.5. The van der Waals surface area contributed by atoms with Crippen molar-refractivity contribution in [3.63, 3.8) is 0 Å². The number of furan rings is 1. The summed E-state index contributed by atoms with van der Waals surface area (Å²) in [6, 6.07) is 75.8. The van der Waals surface area contributed by atoms with Gasteiger partial charge in [-0.3, -0.25) is 4.99 Å². The Morgan fingerprint density at radius 2 is 0.952 bits per heavy atom. The van der Waals surface area contributed by atoms with Crippen molar-refractivity contribution in [2.45, 2.75) is 6.17 Å². The molecule has 13 rings (SSSR count). The molecule has 0 saturated carbocycles. The van der Waals surface area contributed by atoms with Gasteiger partial charge in [0.05, 0.1) is 27.8 Å². The van der Waals surface area contributed by atoms with Gasteiger partial charge in [0.15, 0.2) is 0 Å². The Labute approximate surface area is 363 Å². The van der Waals surface area contributed by atoms with E-state index in [1.54, 1.807) is 0 Å². The van der Waals surface area contributed by atoms with Crippen molar-refractivity contribution < 1.29 is 4.42 Å². The molecule has 1 aliphatic rings. The lowest BCUT2D eigenvalue weighted by molar-refractivity contribution is 0.650. The number of allylic oxidation sites excluding steroid dienone is 1. The first-order chi connectivity index (χ1) is 31.2. The third-order valence-corrected chi connectivity index (χ3v) is 12.7. The van der Waals surface area contributed by atoms with Gasteiger partial charge in [-0.25, -0.2) is 0 Å². The fraction of sp³-hybridized carbons (Fsp3) is 0.0172. The number of rotatable bonds is 6. The standard InChI is InChI=1S/C58H38N4O/c1-4-14-37(15-5-1)50-36-51(38-16-6-2-7-17-38)60-58(59-50)41-24-28-46-49-35-43(27-31-56(49)63-57(46)34-41)62-53-23-13-11-21-45(53)48-33-40(26-30-55(48)62)39-25-29-54-47(32-39)44-20-10-12-22-52(44)61(54)42-18-8-3-9-19-42/h1-36,58-59H. The maximum Gasteiger partial charge on any atom is 0.145 e. The average molecular weight is 807 g/mol. The molecule has 1 N–H and O–H groups in total. The van der Waals surface area contributed by atoms with Gasteiger partial charge in [0.2, 0.25) is 0 Å². The summed E-state index contributed by atoms with van der Waals surface area (Å²) in [5, 5.41) is 10.8. The lowest BCUT2D eigenvalue weighted by Crippen LogP contribution is -2.24. The van der Waals surface area contributed by atoms with Crippen LogP contribution in [0.2, 0.25) is 0 Å². The first-order valence-corrected chi connectivity index (χ1v) is 21.5. The van der Waals surface area contributed by atoms with E-state index in [4.69, 9.17) is 9.41 Å². The molecule has 5 nitrogen and oxygen atoms in total. The van der Waals surface area contributed by atoms with Crippen molar-refractivity contribution in [1.82, 2.24) is 14.5 Å². The molecular weight excluding hydrogens is 769 g/mol. The summed E-state index contributed by atoms with van der Waals surface area (Å²) in [5.74, 6) is 0. The van der Waals surface area contributed by atoms with Crippen LogP contribution in [0.25, 0.3) is 93.7 Å². The zero-order valence-corrected chi connectivity index (χ0v) is 34.1. The van der Waals surface area contributed by atoms with Gasteiger partial charge >= 0.3 is 0 Å². The molecular formula is C58H38N4O. The van der Waals surface area contributed by atoms with Crippen molar-refractivity contribution >= 4 is 77.0 Å². The minimum atomic E-state index is -0.285. The monoisotopic (exact) mass is 806 g/mol. The molecule has 9 aromatic carbocycles. The van der Waals surface area contributed by atoms with Gasteiger partial charge in [0.1, 0.15) is 17.3 Å². The molecule has 0 saturated heterocycles. The molecule has 3 aromatic heterocycles. The van der Waals surface area contributed by atoms with Crippen LogP contribution >= 0.6 is 0 Å². The Morgan fingerprint density at radius 1 is 0.381 bits per heavy atom. The Morgan fingerprint density at radius 3 is 1.62 bits per heavy atom. The normalized spacial score (nSPS) is 14.2. The van der Waals surface area contributed by atoms with Crippen LogP contribution in [-0.4, -0.2) is 14.8 Å². The molecule has 63 heavy (non-hydrogen) atoms. The summed E-state index contributed by atoms with van der Waals surface area (Å²) in [5.41, 5.74) is 16.3. The van der Waals surface area contributed by atoms with Gasteiger partial charge in [-0.2, -0.15) is 0 Å². The summed E-state index contributed by atoms with van der Waals surface area (Å²) in [6.07, 6.45) is 1.86. The number of nitrogens with one attached hydrogen (secondary N) is 1. The van der Waals surface area contributed by atoms with Gasteiger partial charge < -0.3 is 18.9 Å². The molecule has 0 radical (unpaired) electrons. The minimum absolute atomic E-state index is 0.285. The Balaban J connectivity index is 0.893. The summed E-state index contributed by atoms with van der Waals surface area (Å²) < 4.78 is 11.4. The predicted octanol–water partition coefficient (Wildman–Crippen LogP) is 14.6. The Bertz CT molecular complexity index is 3820. The number of aromatic nitrogens is 2. The molecule has 0 fully saturated rings. The maximum absolute atomic E-state index is 6.60. The van der Waals surface area contributed by atoms with Crippen molar-refractivity contribution in [1.29, 1.82) is 0 Å². The Kier molecular flexibility index (Phi) is 7.90. The molecule has 4 heterocycles. The molecule has 5 heteroatoms. The fourth-order valence-corrected chi connectivity index (χ4v) is 9.77. The molecule has 1 atom stereocenters. The second-order valence-corrected chi connectivity index (χ2v) is 16.4. The molecule has 0 bridgehead atoms. The molecule has 0 spiro atoms. The van der Waals surface area contributed by atoms with Crippen LogP contribution in [0.5, 0.6) is 0 Å². The summed E-state index contributed by atoms with van der Waals surface area (Å²) in [4.78, 5) is 5.21. The molecule has 1 unspecified atom stereocenters. The van der Waals surface area contributed by atoms with Crippen LogP contribution in [0.15, 0.2) is 228 Å². The van der Waals surface area contributed by atoms with Crippen LogP contribution in [0.4, 0.5) is 0 Å². The van der Waals surface area contributed by atoms with E-state index in [0.29, 0.717) is 0 Å². The fourth-order valence-electron chi connectivity index (χ4n) is 9.77.